The topological polar surface area (TPSA) is 69.3 Å². The molecule has 2 aromatic rings. The predicted molar refractivity (Wildman–Crippen MR) is 145 cm³/mol. The minimum absolute atomic E-state index is 0.214. The summed E-state index contributed by atoms with van der Waals surface area (Å²) in [5.74, 6) is 0. The van der Waals surface area contributed by atoms with Crippen molar-refractivity contribution in [2.45, 2.75) is 19.8 Å². The Balaban J connectivity index is 1.92. The Bertz CT molecular complexity index is 1100. The molecule has 6 nitrogen and oxygen atoms in total. The van der Waals surface area contributed by atoms with Gasteiger partial charge < -0.3 is 25.6 Å². The van der Waals surface area contributed by atoms with Gasteiger partial charge in [-0.3, -0.25) is 4.98 Å². The molecule has 0 spiro atoms. The van der Waals surface area contributed by atoms with Gasteiger partial charge in [-0.05, 0) is 44.2 Å². The van der Waals surface area contributed by atoms with Crippen LogP contribution in [0.1, 0.15) is 25.3 Å². The zero-order valence-electron chi connectivity index (χ0n) is 20.1. The van der Waals surface area contributed by atoms with Crippen LogP contribution in [0.4, 0.5) is 5.69 Å². The van der Waals surface area contributed by atoms with Gasteiger partial charge in [0, 0.05) is 53.0 Å². The van der Waals surface area contributed by atoms with Gasteiger partial charge in [-0.15, -0.1) is 0 Å². The Morgan fingerprint density at radius 3 is 2.56 bits per heavy atom. The number of aromatic nitrogens is 1. The highest BCUT2D eigenvalue weighted by Gasteiger charge is 2.09. The van der Waals surface area contributed by atoms with Crippen LogP contribution in [0.2, 0.25) is 0 Å². The lowest BCUT2D eigenvalue weighted by molar-refractivity contribution is -0.107. The minimum atomic E-state index is 0.214. The van der Waals surface area contributed by atoms with E-state index in [0.29, 0.717) is 5.70 Å². The molecule has 178 valence electrons. The third kappa shape index (κ3) is 7.52. The number of nitrogens with zero attached hydrogens (tertiary/aromatic N) is 2. The summed E-state index contributed by atoms with van der Waals surface area (Å²) in [6.45, 7) is 23.9. The van der Waals surface area contributed by atoms with Crippen molar-refractivity contribution in [2.24, 2.45) is 0 Å². The summed E-state index contributed by atoms with van der Waals surface area (Å²) >= 11 is 0. The second-order valence-corrected chi connectivity index (χ2v) is 7.71. The average molecular weight is 458 g/mol. The van der Waals surface area contributed by atoms with Gasteiger partial charge in [0.25, 0.3) is 0 Å². The Morgan fingerprint density at radius 2 is 1.85 bits per heavy atom. The molecule has 0 bridgehead atoms. The number of carbonyl (C=O) groups is 1. The number of benzene rings is 1. The van der Waals surface area contributed by atoms with Crippen LogP contribution in [-0.4, -0.2) is 35.8 Å². The fourth-order valence-electron chi connectivity index (χ4n) is 3.44. The van der Waals surface area contributed by atoms with E-state index in [1.165, 1.54) is 0 Å². The zero-order chi connectivity index (χ0) is 24.9. The van der Waals surface area contributed by atoms with Crippen molar-refractivity contribution in [3.8, 4) is 0 Å². The number of anilines is 1. The second-order valence-electron chi connectivity index (χ2n) is 7.71. The van der Waals surface area contributed by atoms with Gasteiger partial charge in [-0.1, -0.05) is 51.1 Å². The molecule has 0 aliphatic carbocycles. The molecule has 0 aliphatic heterocycles. The standard InChI is InChI=1S/C28H35N5O/c1-7-10-23(5)33(8-2)19-17-29-21(3)13-14-22(4)32-27-12-9-11-26-25(15-16-31-28(26)27)24(6)30-18-20-34/h7-12,15-16,20,29-30,32H,2-6,13-14,17-19H2,1H3/b10-7-. The number of hydrogen-bond acceptors (Lipinski definition) is 6. The third-order valence-corrected chi connectivity index (χ3v) is 5.21. The number of carbonyl (C=O) groups excluding carboxylic acids is 1. The highest BCUT2D eigenvalue weighted by molar-refractivity contribution is 5.97. The smallest absolute Gasteiger partial charge is 0.139 e. The maximum absolute atomic E-state index is 10.7. The first kappa shape index (κ1) is 26.2. The number of para-hydroxylation sites is 1. The fraction of sp³-hybridized carbons (Fsp3) is 0.214. The first-order valence-electron chi connectivity index (χ1n) is 11.2. The van der Waals surface area contributed by atoms with Gasteiger partial charge in [-0.2, -0.15) is 0 Å². The molecule has 1 heterocycles. The average Bonchev–Trinajstić information content (AvgIpc) is 2.83. The summed E-state index contributed by atoms with van der Waals surface area (Å²) in [5, 5.41) is 10.7. The van der Waals surface area contributed by atoms with E-state index in [1.54, 1.807) is 12.4 Å². The van der Waals surface area contributed by atoms with Gasteiger partial charge in [0.05, 0.1) is 17.7 Å². The minimum Gasteiger partial charge on any atom is -0.387 e. The third-order valence-electron chi connectivity index (χ3n) is 5.21. The number of hydrogen-bond donors (Lipinski definition) is 3. The van der Waals surface area contributed by atoms with E-state index >= 15 is 0 Å². The Kier molecular flexibility index (Phi) is 10.4. The number of rotatable bonds is 16. The number of aldehydes is 1. The monoisotopic (exact) mass is 457 g/mol. The molecule has 0 amide bonds. The van der Waals surface area contributed by atoms with Crippen LogP contribution in [0.25, 0.3) is 16.6 Å². The first-order valence-corrected chi connectivity index (χ1v) is 11.2. The van der Waals surface area contributed by atoms with Crippen LogP contribution in [0.3, 0.4) is 0 Å². The SMILES string of the molecule is C=CN(CCNC(=C)CCC(=C)Nc1cccc2c(C(=C)NCC=O)ccnc12)C(=C)/C=C\C. The number of nitrogens with one attached hydrogen (secondary N) is 3. The second kappa shape index (κ2) is 13.5. The van der Waals surface area contributed by atoms with E-state index in [2.05, 4.69) is 53.8 Å². The summed E-state index contributed by atoms with van der Waals surface area (Å²) in [4.78, 5) is 17.2. The van der Waals surface area contributed by atoms with Gasteiger partial charge in [0.15, 0.2) is 0 Å². The van der Waals surface area contributed by atoms with Crippen LogP contribution in [0.15, 0.2) is 98.8 Å². The van der Waals surface area contributed by atoms with Crippen molar-refractivity contribution in [3.63, 3.8) is 0 Å². The van der Waals surface area contributed by atoms with Crippen molar-refractivity contribution >= 4 is 28.6 Å². The molecule has 2 rings (SSSR count). The first-order chi connectivity index (χ1) is 16.4. The molecule has 6 heteroatoms. The van der Waals surface area contributed by atoms with E-state index in [-0.39, 0.29) is 6.54 Å². The summed E-state index contributed by atoms with van der Waals surface area (Å²) in [7, 11) is 0. The summed E-state index contributed by atoms with van der Waals surface area (Å²) in [6.07, 6.45) is 9.71. The molecule has 34 heavy (non-hydrogen) atoms. The van der Waals surface area contributed by atoms with Crippen molar-refractivity contribution in [1.29, 1.82) is 0 Å². The Hall–Kier alpha value is -4.06. The van der Waals surface area contributed by atoms with E-state index in [9.17, 15) is 4.79 Å². The van der Waals surface area contributed by atoms with E-state index in [4.69, 9.17) is 0 Å². The maximum Gasteiger partial charge on any atom is 0.139 e. The van der Waals surface area contributed by atoms with Gasteiger partial charge >= 0.3 is 0 Å². The molecular formula is C28H35N5O. The van der Waals surface area contributed by atoms with Crippen molar-refractivity contribution in [2.75, 3.05) is 25.0 Å². The lowest BCUT2D eigenvalue weighted by atomic mass is 10.1. The molecule has 0 radical (unpaired) electrons. The Labute approximate surface area is 203 Å². The fourth-order valence-corrected chi connectivity index (χ4v) is 3.44. The van der Waals surface area contributed by atoms with E-state index in [1.807, 2.05) is 48.2 Å². The van der Waals surface area contributed by atoms with Crippen LogP contribution in [-0.2, 0) is 4.79 Å². The van der Waals surface area contributed by atoms with Crippen molar-refractivity contribution in [1.82, 2.24) is 20.5 Å². The normalized spacial score (nSPS) is 10.5. The van der Waals surface area contributed by atoms with Crippen LogP contribution in [0.5, 0.6) is 0 Å². The molecular weight excluding hydrogens is 422 g/mol. The summed E-state index contributed by atoms with van der Waals surface area (Å²) in [5.41, 5.74) is 5.99. The highest BCUT2D eigenvalue weighted by Crippen LogP contribution is 2.28. The van der Waals surface area contributed by atoms with E-state index in [0.717, 1.165) is 71.5 Å². The zero-order valence-corrected chi connectivity index (χ0v) is 20.1. The maximum atomic E-state index is 10.7. The molecule has 0 fully saturated rings. The quantitative estimate of drug-likeness (QED) is 0.234. The van der Waals surface area contributed by atoms with E-state index < -0.39 is 0 Å². The number of pyridine rings is 1. The molecule has 0 atom stereocenters. The highest BCUT2D eigenvalue weighted by atomic mass is 16.1. The van der Waals surface area contributed by atoms with Crippen LogP contribution in [0, 0.1) is 0 Å². The molecule has 0 unspecified atom stereocenters. The largest absolute Gasteiger partial charge is 0.387 e. The number of fused-ring (bicyclic) bond motifs is 1. The predicted octanol–water partition coefficient (Wildman–Crippen LogP) is 5.34. The molecule has 0 aliphatic rings. The van der Waals surface area contributed by atoms with Gasteiger partial charge in [-0.25, -0.2) is 0 Å². The molecule has 0 saturated heterocycles. The van der Waals surface area contributed by atoms with Crippen molar-refractivity contribution in [3.05, 3.63) is 104 Å². The van der Waals surface area contributed by atoms with Gasteiger partial charge in [0.1, 0.15) is 6.29 Å². The Morgan fingerprint density at radius 1 is 1.09 bits per heavy atom. The molecule has 1 aromatic carbocycles. The summed E-state index contributed by atoms with van der Waals surface area (Å²) < 4.78 is 0. The lowest BCUT2D eigenvalue weighted by Gasteiger charge is -2.21. The van der Waals surface area contributed by atoms with Crippen molar-refractivity contribution < 1.29 is 4.79 Å². The van der Waals surface area contributed by atoms with Crippen LogP contribution < -0.4 is 16.0 Å². The lowest BCUT2D eigenvalue weighted by Crippen LogP contribution is -2.27. The molecule has 0 saturated carbocycles. The molecule has 3 N–H and O–H groups in total. The molecule has 1 aromatic heterocycles. The van der Waals surface area contributed by atoms with Crippen LogP contribution >= 0.6 is 0 Å². The number of allylic oxidation sites excluding steroid dienone is 4. The summed E-state index contributed by atoms with van der Waals surface area (Å²) in [6, 6.07) is 7.81. The van der Waals surface area contributed by atoms with Gasteiger partial charge in [0.2, 0.25) is 0 Å².